The number of aryl methyl sites for hydroxylation is 1. The molecular formula is C12H19FN2O3S. The van der Waals surface area contributed by atoms with Crippen LogP contribution in [-0.2, 0) is 10.0 Å². The van der Waals surface area contributed by atoms with Gasteiger partial charge in [0.25, 0.3) is 0 Å². The van der Waals surface area contributed by atoms with Crippen molar-refractivity contribution in [1.29, 1.82) is 0 Å². The molecule has 7 heteroatoms. The Hall–Kier alpha value is -1.18. The van der Waals surface area contributed by atoms with E-state index in [1.165, 1.54) is 6.92 Å². The predicted octanol–water partition coefficient (Wildman–Crippen LogP) is 1.16. The maximum absolute atomic E-state index is 13.2. The number of anilines is 1. The normalized spacial score (nSPS) is 13.5. The van der Waals surface area contributed by atoms with E-state index < -0.39 is 21.9 Å². The molecule has 5 nitrogen and oxygen atoms in total. The largest absolute Gasteiger partial charge is 0.396 e. The van der Waals surface area contributed by atoms with Crippen LogP contribution in [0.1, 0.15) is 25.3 Å². The van der Waals surface area contributed by atoms with E-state index >= 15 is 0 Å². The van der Waals surface area contributed by atoms with Gasteiger partial charge in [0.1, 0.15) is 5.82 Å². The second-order valence-corrected chi connectivity index (χ2v) is 6.17. The number of hydrogen-bond donors (Lipinski definition) is 3. The third-order valence-corrected chi connectivity index (χ3v) is 4.28. The van der Waals surface area contributed by atoms with Crippen LogP contribution in [0.4, 0.5) is 10.1 Å². The topological polar surface area (TPSA) is 92.4 Å². The Morgan fingerprint density at radius 1 is 1.47 bits per heavy atom. The minimum atomic E-state index is -3.80. The summed E-state index contributed by atoms with van der Waals surface area (Å²) in [5.41, 5.74) is 5.42. The van der Waals surface area contributed by atoms with Crippen LogP contribution in [0.3, 0.4) is 0 Å². The SMILES string of the molecule is CCCC(O)CNS(=O)(=O)c1cc(N)c(F)cc1C. The summed E-state index contributed by atoms with van der Waals surface area (Å²) in [7, 11) is -3.80. The molecule has 0 amide bonds. The number of aliphatic hydroxyl groups excluding tert-OH is 1. The first-order valence-electron chi connectivity index (χ1n) is 6.01. The molecule has 108 valence electrons. The fraction of sp³-hybridized carbons (Fsp3) is 0.500. The number of halogens is 1. The first-order valence-corrected chi connectivity index (χ1v) is 7.49. The molecule has 0 aliphatic carbocycles. The van der Waals surface area contributed by atoms with Gasteiger partial charge in [-0.25, -0.2) is 17.5 Å². The van der Waals surface area contributed by atoms with Gasteiger partial charge in [0.2, 0.25) is 10.0 Å². The van der Waals surface area contributed by atoms with Gasteiger partial charge in [0.05, 0.1) is 16.7 Å². The Balaban J connectivity index is 2.92. The Morgan fingerprint density at radius 3 is 2.68 bits per heavy atom. The summed E-state index contributed by atoms with van der Waals surface area (Å²) < 4.78 is 39.5. The van der Waals surface area contributed by atoms with Crippen molar-refractivity contribution in [2.75, 3.05) is 12.3 Å². The van der Waals surface area contributed by atoms with Crippen molar-refractivity contribution in [2.45, 2.75) is 37.7 Å². The average molecular weight is 290 g/mol. The lowest BCUT2D eigenvalue weighted by Crippen LogP contribution is -2.32. The van der Waals surface area contributed by atoms with Crippen LogP contribution in [0.5, 0.6) is 0 Å². The van der Waals surface area contributed by atoms with Crippen LogP contribution >= 0.6 is 0 Å². The molecular weight excluding hydrogens is 271 g/mol. The summed E-state index contributed by atoms with van der Waals surface area (Å²) in [5.74, 6) is -0.650. The molecule has 0 radical (unpaired) electrons. The quantitative estimate of drug-likeness (QED) is 0.685. The molecule has 1 unspecified atom stereocenters. The highest BCUT2D eigenvalue weighted by Gasteiger charge is 2.19. The number of benzene rings is 1. The lowest BCUT2D eigenvalue weighted by atomic mass is 10.2. The van der Waals surface area contributed by atoms with E-state index in [4.69, 9.17) is 5.73 Å². The van der Waals surface area contributed by atoms with Crippen molar-refractivity contribution in [3.63, 3.8) is 0 Å². The molecule has 0 heterocycles. The van der Waals surface area contributed by atoms with Crippen molar-refractivity contribution in [1.82, 2.24) is 4.72 Å². The molecule has 0 saturated carbocycles. The Morgan fingerprint density at radius 2 is 2.11 bits per heavy atom. The van der Waals surface area contributed by atoms with Crippen LogP contribution in [0.2, 0.25) is 0 Å². The highest BCUT2D eigenvalue weighted by atomic mass is 32.2. The van der Waals surface area contributed by atoms with Gasteiger partial charge < -0.3 is 10.8 Å². The molecule has 0 fully saturated rings. The molecule has 4 N–H and O–H groups in total. The van der Waals surface area contributed by atoms with E-state index in [0.717, 1.165) is 18.6 Å². The predicted molar refractivity (Wildman–Crippen MR) is 71.7 cm³/mol. The lowest BCUT2D eigenvalue weighted by molar-refractivity contribution is 0.167. The molecule has 0 saturated heterocycles. The first-order chi connectivity index (χ1) is 8.77. The fourth-order valence-electron chi connectivity index (χ4n) is 1.68. The Kier molecular flexibility index (Phi) is 5.28. The third-order valence-electron chi connectivity index (χ3n) is 2.71. The third kappa shape index (κ3) is 4.15. The monoisotopic (exact) mass is 290 g/mol. The number of nitrogens with one attached hydrogen (secondary N) is 1. The second-order valence-electron chi connectivity index (χ2n) is 4.43. The second kappa shape index (κ2) is 6.31. The minimum absolute atomic E-state index is 0.0740. The average Bonchev–Trinajstić information content (AvgIpc) is 2.31. The van der Waals surface area contributed by atoms with Gasteiger partial charge in [-0.3, -0.25) is 0 Å². The van der Waals surface area contributed by atoms with Crippen LogP contribution in [-0.4, -0.2) is 26.2 Å². The fourth-order valence-corrected chi connectivity index (χ4v) is 3.01. The smallest absolute Gasteiger partial charge is 0.240 e. The van der Waals surface area contributed by atoms with Crippen LogP contribution in [0.25, 0.3) is 0 Å². The van der Waals surface area contributed by atoms with Gasteiger partial charge in [0, 0.05) is 6.54 Å². The van der Waals surface area contributed by atoms with Crippen molar-refractivity contribution in [3.8, 4) is 0 Å². The van der Waals surface area contributed by atoms with E-state index in [1.807, 2.05) is 6.92 Å². The Labute approximate surface area is 112 Å². The number of hydrogen-bond acceptors (Lipinski definition) is 4. The summed E-state index contributed by atoms with van der Waals surface area (Å²) in [6.07, 6.45) is 0.524. The molecule has 0 aliphatic rings. The zero-order chi connectivity index (χ0) is 14.6. The highest BCUT2D eigenvalue weighted by Crippen LogP contribution is 2.21. The van der Waals surface area contributed by atoms with Crippen molar-refractivity contribution in [3.05, 3.63) is 23.5 Å². The molecule has 0 aliphatic heterocycles. The van der Waals surface area contributed by atoms with Crippen molar-refractivity contribution >= 4 is 15.7 Å². The molecule has 1 aromatic carbocycles. The van der Waals surface area contributed by atoms with Gasteiger partial charge >= 0.3 is 0 Å². The number of nitrogens with two attached hydrogens (primary N) is 1. The molecule has 0 spiro atoms. The van der Waals surface area contributed by atoms with Crippen LogP contribution < -0.4 is 10.5 Å². The molecule has 0 bridgehead atoms. The van der Waals surface area contributed by atoms with E-state index in [1.54, 1.807) is 0 Å². The van der Waals surface area contributed by atoms with E-state index in [0.29, 0.717) is 6.42 Å². The van der Waals surface area contributed by atoms with E-state index in [2.05, 4.69) is 4.72 Å². The van der Waals surface area contributed by atoms with Gasteiger partial charge in [-0.05, 0) is 31.0 Å². The van der Waals surface area contributed by atoms with Gasteiger partial charge in [0.15, 0.2) is 0 Å². The van der Waals surface area contributed by atoms with Gasteiger partial charge in [-0.2, -0.15) is 0 Å². The first kappa shape index (κ1) is 15.9. The standard InChI is InChI=1S/C12H19FN2O3S/c1-3-4-9(16)7-15-19(17,18)12-6-11(14)10(13)5-8(12)2/h5-6,9,15-16H,3-4,7,14H2,1-2H3. The summed E-state index contributed by atoms with van der Waals surface area (Å²) in [5, 5.41) is 9.52. The number of aliphatic hydroxyl groups is 1. The van der Waals surface area contributed by atoms with E-state index in [9.17, 15) is 17.9 Å². The molecule has 1 atom stereocenters. The summed E-state index contributed by atoms with van der Waals surface area (Å²) in [4.78, 5) is -0.0740. The maximum Gasteiger partial charge on any atom is 0.240 e. The van der Waals surface area contributed by atoms with Crippen molar-refractivity contribution in [2.24, 2.45) is 0 Å². The van der Waals surface area contributed by atoms with Crippen molar-refractivity contribution < 1.29 is 17.9 Å². The highest BCUT2D eigenvalue weighted by molar-refractivity contribution is 7.89. The summed E-state index contributed by atoms with van der Waals surface area (Å²) in [6, 6.07) is 2.16. The van der Waals surface area contributed by atoms with Gasteiger partial charge in [-0.1, -0.05) is 13.3 Å². The number of sulfonamides is 1. The molecule has 1 aromatic rings. The minimum Gasteiger partial charge on any atom is -0.396 e. The summed E-state index contributed by atoms with van der Waals surface area (Å²) in [6.45, 7) is 3.30. The van der Waals surface area contributed by atoms with Crippen LogP contribution in [0, 0.1) is 12.7 Å². The number of rotatable bonds is 6. The van der Waals surface area contributed by atoms with Crippen LogP contribution in [0.15, 0.2) is 17.0 Å². The van der Waals surface area contributed by atoms with E-state index in [-0.39, 0.29) is 22.7 Å². The van der Waals surface area contributed by atoms with Gasteiger partial charge in [-0.15, -0.1) is 0 Å². The number of nitrogen functional groups attached to an aromatic ring is 1. The Bertz CT molecular complexity index is 546. The summed E-state index contributed by atoms with van der Waals surface area (Å²) >= 11 is 0. The molecule has 19 heavy (non-hydrogen) atoms. The maximum atomic E-state index is 13.2. The lowest BCUT2D eigenvalue weighted by Gasteiger charge is -2.13. The zero-order valence-corrected chi connectivity index (χ0v) is 11.8. The molecule has 1 rings (SSSR count). The zero-order valence-electron chi connectivity index (χ0n) is 11.0. The molecule has 0 aromatic heterocycles.